The summed E-state index contributed by atoms with van der Waals surface area (Å²) in [6.45, 7) is 5.69. The van der Waals surface area contributed by atoms with Crippen LogP contribution in [-0.4, -0.2) is 49.2 Å². The fourth-order valence-corrected chi connectivity index (χ4v) is 3.77. The Balaban J connectivity index is 2.02. The Hall–Kier alpha value is -3.35. The molecule has 0 fully saturated rings. The summed E-state index contributed by atoms with van der Waals surface area (Å²) in [7, 11) is 2.90. The van der Waals surface area contributed by atoms with Gasteiger partial charge in [-0.15, -0.1) is 0 Å². The zero-order chi connectivity index (χ0) is 22.8. The van der Waals surface area contributed by atoms with E-state index in [4.69, 9.17) is 9.47 Å². The molecule has 7 nitrogen and oxygen atoms in total. The molecule has 0 spiro atoms. The zero-order valence-electron chi connectivity index (χ0n) is 18.5. The van der Waals surface area contributed by atoms with E-state index >= 15 is 0 Å². The number of rotatable bonds is 3. The Morgan fingerprint density at radius 3 is 2.32 bits per heavy atom. The van der Waals surface area contributed by atoms with Crippen LogP contribution in [0.25, 0.3) is 11.1 Å². The highest BCUT2D eigenvalue weighted by molar-refractivity contribution is 5.94. The van der Waals surface area contributed by atoms with Gasteiger partial charge < -0.3 is 14.8 Å². The molecule has 0 saturated carbocycles. The molecule has 7 heteroatoms. The van der Waals surface area contributed by atoms with E-state index in [1.165, 1.54) is 12.0 Å². The molecule has 0 radical (unpaired) electrons. The minimum atomic E-state index is -0.881. The summed E-state index contributed by atoms with van der Waals surface area (Å²) >= 11 is 0. The van der Waals surface area contributed by atoms with E-state index in [2.05, 4.69) is 5.32 Å². The van der Waals surface area contributed by atoms with Crippen molar-refractivity contribution in [2.24, 2.45) is 0 Å². The summed E-state index contributed by atoms with van der Waals surface area (Å²) in [6, 6.07) is 12.1. The molecule has 0 saturated heterocycles. The molecule has 1 N–H and O–H groups in total. The van der Waals surface area contributed by atoms with E-state index in [-0.39, 0.29) is 5.91 Å². The minimum absolute atomic E-state index is 0.152. The molecule has 164 valence electrons. The van der Waals surface area contributed by atoms with Gasteiger partial charge in [0.1, 0.15) is 5.60 Å². The van der Waals surface area contributed by atoms with Gasteiger partial charge >= 0.3 is 12.1 Å². The predicted octanol–water partition coefficient (Wildman–Crippen LogP) is 3.72. The second kappa shape index (κ2) is 8.79. The maximum Gasteiger partial charge on any atom is 0.411 e. The number of benzene rings is 2. The lowest BCUT2D eigenvalue weighted by atomic mass is 9.86. The van der Waals surface area contributed by atoms with Crippen LogP contribution < -0.4 is 5.32 Å². The van der Waals surface area contributed by atoms with Crippen LogP contribution >= 0.6 is 0 Å². The van der Waals surface area contributed by atoms with Crippen molar-refractivity contribution >= 4 is 18.0 Å². The van der Waals surface area contributed by atoms with Crippen LogP contribution in [0.2, 0.25) is 0 Å². The molecule has 0 aromatic heterocycles. The lowest BCUT2D eigenvalue weighted by Gasteiger charge is -2.37. The number of carbonyl (C=O) groups excluding carboxylic acids is 3. The Morgan fingerprint density at radius 2 is 1.74 bits per heavy atom. The molecule has 1 aliphatic rings. The Morgan fingerprint density at radius 1 is 1.06 bits per heavy atom. The second-order valence-electron chi connectivity index (χ2n) is 8.38. The third kappa shape index (κ3) is 4.71. The van der Waals surface area contributed by atoms with E-state index in [0.29, 0.717) is 18.5 Å². The molecule has 2 aromatic carbocycles. The van der Waals surface area contributed by atoms with E-state index in [1.54, 1.807) is 40.0 Å². The number of esters is 1. The second-order valence-corrected chi connectivity index (χ2v) is 8.38. The van der Waals surface area contributed by atoms with E-state index in [1.807, 2.05) is 30.3 Å². The quantitative estimate of drug-likeness (QED) is 0.759. The summed E-state index contributed by atoms with van der Waals surface area (Å²) in [4.78, 5) is 38.8. The number of fused-ring (bicyclic) bond motifs is 1. The normalized spacial score (nSPS) is 15.6. The van der Waals surface area contributed by atoms with Crippen LogP contribution in [0.5, 0.6) is 0 Å². The first kappa shape index (κ1) is 22.3. The van der Waals surface area contributed by atoms with Crippen LogP contribution in [0, 0.1) is 0 Å². The van der Waals surface area contributed by atoms with Gasteiger partial charge in [0.2, 0.25) is 0 Å². The fourth-order valence-electron chi connectivity index (χ4n) is 3.77. The number of ether oxygens (including phenoxy) is 2. The van der Waals surface area contributed by atoms with E-state index in [9.17, 15) is 14.4 Å². The summed E-state index contributed by atoms with van der Waals surface area (Å²) in [5, 5.41) is 2.61. The van der Waals surface area contributed by atoms with Crippen molar-refractivity contribution in [3.05, 3.63) is 59.2 Å². The van der Waals surface area contributed by atoms with Crippen molar-refractivity contribution < 1.29 is 23.9 Å². The smallest absolute Gasteiger partial charge is 0.411 e. The predicted molar refractivity (Wildman–Crippen MR) is 117 cm³/mol. The topological polar surface area (TPSA) is 84.9 Å². The van der Waals surface area contributed by atoms with E-state index in [0.717, 1.165) is 22.3 Å². The Bertz CT molecular complexity index is 992. The monoisotopic (exact) mass is 424 g/mol. The minimum Gasteiger partial charge on any atom is -0.467 e. The van der Waals surface area contributed by atoms with Gasteiger partial charge in [-0.25, -0.2) is 9.59 Å². The third-order valence-corrected chi connectivity index (χ3v) is 5.16. The van der Waals surface area contributed by atoms with Crippen molar-refractivity contribution in [2.75, 3.05) is 20.7 Å². The van der Waals surface area contributed by atoms with Gasteiger partial charge in [-0.2, -0.15) is 0 Å². The summed E-state index contributed by atoms with van der Waals surface area (Å²) in [6.07, 6.45) is 0.0176. The average Bonchev–Trinajstić information content (AvgIpc) is 2.75. The highest BCUT2D eigenvalue weighted by Gasteiger charge is 2.39. The molecule has 1 atom stereocenters. The lowest BCUT2D eigenvalue weighted by Crippen LogP contribution is -2.46. The first-order valence-electron chi connectivity index (χ1n) is 10.2. The first-order valence-corrected chi connectivity index (χ1v) is 10.2. The van der Waals surface area contributed by atoms with E-state index < -0.39 is 23.7 Å². The molecule has 3 rings (SSSR count). The molecule has 1 aliphatic heterocycles. The maximum absolute atomic E-state index is 12.8. The maximum atomic E-state index is 12.8. The Kier molecular flexibility index (Phi) is 6.34. The zero-order valence-corrected chi connectivity index (χ0v) is 18.5. The van der Waals surface area contributed by atoms with Gasteiger partial charge in [-0.3, -0.25) is 9.69 Å². The number of methoxy groups -OCH3 is 1. The summed E-state index contributed by atoms with van der Waals surface area (Å²) in [5.41, 5.74) is 3.48. The molecule has 0 bridgehead atoms. The standard InChI is InChI=1S/C24H28N2O5/c1-24(2,3)31-23(29)26-14-13-18-17(7-6-8-19(18)20(26)22(28)30-5)15-9-11-16(12-10-15)21(27)25-4/h6-12,20H,13-14H2,1-5H3,(H,25,27). The SMILES string of the molecule is CNC(=O)c1ccc(-c2cccc3c2CCN(C(=O)OC(C)(C)C)C3C(=O)OC)cc1. The molecule has 2 aromatic rings. The average molecular weight is 424 g/mol. The van der Waals surface area contributed by atoms with Crippen LogP contribution in [0.15, 0.2) is 42.5 Å². The van der Waals surface area contributed by atoms with Crippen molar-refractivity contribution in [3.63, 3.8) is 0 Å². The van der Waals surface area contributed by atoms with Crippen LogP contribution in [0.1, 0.15) is 48.3 Å². The van der Waals surface area contributed by atoms with Gasteiger partial charge in [0.05, 0.1) is 7.11 Å². The number of carbonyl (C=O) groups is 3. The molecule has 0 aliphatic carbocycles. The van der Waals surface area contributed by atoms with Gasteiger partial charge in [-0.1, -0.05) is 30.3 Å². The van der Waals surface area contributed by atoms with Crippen LogP contribution in [0.4, 0.5) is 4.79 Å². The molecule has 1 unspecified atom stereocenters. The van der Waals surface area contributed by atoms with Gasteiger partial charge in [-0.05, 0) is 61.6 Å². The van der Waals surface area contributed by atoms with Gasteiger partial charge in [0, 0.05) is 19.2 Å². The lowest BCUT2D eigenvalue weighted by molar-refractivity contribution is -0.147. The number of nitrogens with one attached hydrogen (secondary N) is 1. The first-order chi connectivity index (χ1) is 14.7. The molecule has 31 heavy (non-hydrogen) atoms. The molecule has 2 amide bonds. The van der Waals surface area contributed by atoms with Crippen LogP contribution in [-0.2, 0) is 20.7 Å². The van der Waals surface area contributed by atoms with Crippen molar-refractivity contribution in [3.8, 4) is 11.1 Å². The third-order valence-electron chi connectivity index (χ3n) is 5.16. The van der Waals surface area contributed by atoms with Crippen molar-refractivity contribution in [1.82, 2.24) is 10.2 Å². The Labute approximate surface area is 182 Å². The fraction of sp³-hybridized carbons (Fsp3) is 0.375. The highest BCUT2D eigenvalue weighted by Crippen LogP contribution is 2.37. The molecule has 1 heterocycles. The molecular formula is C24H28N2O5. The van der Waals surface area contributed by atoms with Crippen molar-refractivity contribution in [1.29, 1.82) is 0 Å². The highest BCUT2D eigenvalue weighted by atomic mass is 16.6. The number of nitrogens with zero attached hydrogens (tertiary/aromatic N) is 1. The number of amides is 2. The summed E-state index contributed by atoms with van der Waals surface area (Å²) in [5.74, 6) is -0.667. The van der Waals surface area contributed by atoms with Crippen LogP contribution in [0.3, 0.4) is 0 Å². The van der Waals surface area contributed by atoms with Crippen molar-refractivity contribution in [2.45, 2.75) is 38.8 Å². The van der Waals surface area contributed by atoms with Gasteiger partial charge in [0.25, 0.3) is 5.91 Å². The summed E-state index contributed by atoms with van der Waals surface area (Å²) < 4.78 is 10.5. The molecular weight excluding hydrogens is 396 g/mol. The number of hydrogen-bond donors (Lipinski definition) is 1. The number of hydrogen-bond acceptors (Lipinski definition) is 5. The largest absolute Gasteiger partial charge is 0.467 e. The van der Waals surface area contributed by atoms with Gasteiger partial charge in [0.15, 0.2) is 6.04 Å².